The molecule has 3 aromatic rings. The largest absolute Gasteiger partial charge is 0.845 e. The minimum atomic E-state index is -0.354. The van der Waals surface area contributed by atoms with Crippen molar-refractivity contribution in [1.29, 1.82) is 0 Å². The standard InChI is InChI=1S/C17H17N3O3S/c1-11(21)15-16(22)20-14(9-13(23-2)18-17(20)24-3)19(15)10-12-7-5-4-6-8-12/h4-9H,10H2,1-3H3. The van der Waals surface area contributed by atoms with Gasteiger partial charge in [0.1, 0.15) is 0 Å². The van der Waals surface area contributed by atoms with E-state index in [-0.39, 0.29) is 17.4 Å². The molecule has 2 aromatic heterocycles. The number of benzene rings is 1. The highest BCUT2D eigenvalue weighted by Crippen LogP contribution is 2.23. The molecule has 1 aromatic carbocycles. The molecule has 0 amide bonds. The Morgan fingerprint density at radius 1 is 1.38 bits per heavy atom. The Kier molecular flexibility index (Phi) is 4.44. The molecular formula is C17H17N3O3S. The number of hydrogen-bond donors (Lipinski definition) is 0. The first-order chi connectivity index (χ1) is 11.6. The second-order valence-corrected chi connectivity index (χ2v) is 6.03. The summed E-state index contributed by atoms with van der Waals surface area (Å²) in [5, 5.41) is 13.3. The van der Waals surface area contributed by atoms with Crippen molar-refractivity contribution >= 4 is 23.2 Å². The van der Waals surface area contributed by atoms with Crippen LogP contribution >= 0.6 is 11.8 Å². The molecule has 0 saturated carbocycles. The van der Waals surface area contributed by atoms with Crippen LogP contribution in [0, 0.1) is 0 Å². The highest BCUT2D eigenvalue weighted by Gasteiger charge is 2.26. The van der Waals surface area contributed by atoms with Gasteiger partial charge in [0, 0.05) is 6.92 Å². The van der Waals surface area contributed by atoms with E-state index >= 15 is 0 Å². The van der Waals surface area contributed by atoms with Crippen molar-refractivity contribution < 1.29 is 19.0 Å². The summed E-state index contributed by atoms with van der Waals surface area (Å²) in [6, 6.07) is 11.4. The highest BCUT2D eigenvalue weighted by molar-refractivity contribution is 7.98. The average molecular weight is 343 g/mol. The van der Waals surface area contributed by atoms with E-state index in [1.165, 1.54) is 30.2 Å². The van der Waals surface area contributed by atoms with Crippen LogP contribution in [0.4, 0.5) is 0 Å². The van der Waals surface area contributed by atoms with Crippen LogP contribution in [-0.4, -0.2) is 28.7 Å². The molecule has 124 valence electrons. The molecule has 0 atom stereocenters. The number of ketones is 1. The van der Waals surface area contributed by atoms with Crippen molar-refractivity contribution in [2.45, 2.75) is 18.6 Å². The molecule has 24 heavy (non-hydrogen) atoms. The van der Waals surface area contributed by atoms with Gasteiger partial charge in [0.2, 0.25) is 5.65 Å². The second-order valence-electron chi connectivity index (χ2n) is 5.26. The molecule has 0 aliphatic carbocycles. The number of Topliss-reactive ketones (excluding diaryl/α,β-unsaturated/α-hetero) is 1. The minimum Gasteiger partial charge on any atom is -0.845 e. The first-order valence-corrected chi connectivity index (χ1v) is 8.58. The number of rotatable bonds is 5. The maximum Gasteiger partial charge on any atom is 0.306 e. The zero-order valence-electron chi connectivity index (χ0n) is 13.6. The normalized spacial score (nSPS) is 11.0. The summed E-state index contributed by atoms with van der Waals surface area (Å²) in [6.45, 7) is 1.82. The van der Waals surface area contributed by atoms with Gasteiger partial charge in [-0.2, -0.15) is 4.40 Å². The Labute approximate surface area is 143 Å². The number of fused-ring (bicyclic) bond motifs is 1. The number of methoxy groups -OCH3 is 1. The topological polar surface area (TPSA) is 71.3 Å². The van der Waals surface area contributed by atoms with Crippen LogP contribution < -0.4 is 14.2 Å². The van der Waals surface area contributed by atoms with Gasteiger partial charge < -0.3 is 9.84 Å². The lowest BCUT2D eigenvalue weighted by atomic mass is 10.2. The van der Waals surface area contributed by atoms with Crippen molar-refractivity contribution in [1.82, 2.24) is 9.55 Å². The van der Waals surface area contributed by atoms with Gasteiger partial charge in [0.05, 0.1) is 25.6 Å². The molecule has 0 saturated heterocycles. The van der Waals surface area contributed by atoms with Crippen LogP contribution in [0.25, 0.3) is 5.65 Å². The molecule has 0 bridgehead atoms. The Bertz CT molecular complexity index is 907. The number of carbonyl (C=O) groups excluding carboxylic acids is 1. The number of carbonyl (C=O) groups is 1. The zero-order valence-corrected chi connectivity index (χ0v) is 14.5. The van der Waals surface area contributed by atoms with Gasteiger partial charge in [0.15, 0.2) is 11.5 Å². The summed E-state index contributed by atoms with van der Waals surface area (Å²) in [4.78, 5) is 16.4. The average Bonchev–Trinajstić information content (AvgIpc) is 2.87. The van der Waals surface area contributed by atoms with Crippen LogP contribution in [0.5, 0.6) is 11.8 Å². The molecule has 0 aliphatic heterocycles. The minimum absolute atomic E-state index is 0.143. The molecule has 2 heterocycles. The number of hydrogen-bond acceptors (Lipinski definition) is 5. The van der Waals surface area contributed by atoms with Crippen molar-refractivity contribution in [3.63, 3.8) is 0 Å². The number of nitrogens with zero attached hydrogens (tertiary/aromatic N) is 3. The van der Waals surface area contributed by atoms with Gasteiger partial charge in [-0.3, -0.25) is 4.79 Å². The summed E-state index contributed by atoms with van der Waals surface area (Å²) in [6.07, 6.45) is 1.83. The predicted octanol–water partition coefficient (Wildman–Crippen LogP) is 1.68. The Hall–Kier alpha value is -2.54. The fraction of sp³-hybridized carbons (Fsp3) is 0.235. The van der Waals surface area contributed by atoms with E-state index in [0.29, 0.717) is 23.2 Å². The monoisotopic (exact) mass is 343 g/mol. The van der Waals surface area contributed by atoms with E-state index in [1.807, 2.05) is 36.6 Å². The molecule has 0 spiro atoms. The van der Waals surface area contributed by atoms with Gasteiger partial charge in [-0.25, -0.2) is 4.57 Å². The predicted molar refractivity (Wildman–Crippen MR) is 88.7 cm³/mol. The van der Waals surface area contributed by atoms with Crippen molar-refractivity contribution in [3.8, 4) is 11.8 Å². The van der Waals surface area contributed by atoms with Crippen molar-refractivity contribution in [3.05, 3.63) is 47.7 Å². The molecule has 3 rings (SSSR count). The Morgan fingerprint density at radius 2 is 2.08 bits per heavy atom. The van der Waals surface area contributed by atoms with Gasteiger partial charge >= 0.3 is 5.16 Å². The third kappa shape index (κ3) is 2.71. The van der Waals surface area contributed by atoms with Crippen molar-refractivity contribution in [2.75, 3.05) is 13.4 Å². The third-order valence-corrected chi connectivity index (χ3v) is 4.38. The number of ether oxygens (including phenoxy) is 1. The number of thioether (sulfide) groups is 1. The molecule has 0 radical (unpaired) electrons. The molecule has 0 aliphatic rings. The van der Waals surface area contributed by atoms with E-state index in [1.54, 1.807) is 10.6 Å². The van der Waals surface area contributed by atoms with Crippen LogP contribution in [0.2, 0.25) is 0 Å². The first-order valence-electron chi connectivity index (χ1n) is 7.36. The van der Waals surface area contributed by atoms with E-state index in [0.717, 1.165) is 5.56 Å². The first kappa shape index (κ1) is 16.3. The molecule has 7 heteroatoms. The second kappa shape index (κ2) is 6.52. The SMILES string of the molecule is COc1cc2n(Cc3ccccc3)c(C(C)=O)c([O-])[n+]2c(SC)n1. The van der Waals surface area contributed by atoms with E-state index < -0.39 is 0 Å². The van der Waals surface area contributed by atoms with Gasteiger partial charge in [-0.05, 0) is 11.8 Å². The van der Waals surface area contributed by atoms with Crippen LogP contribution in [0.1, 0.15) is 23.0 Å². The van der Waals surface area contributed by atoms with Crippen LogP contribution in [0.15, 0.2) is 41.6 Å². The van der Waals surface area contributed by atoms with Crippen LogP contribution in [0.3, 0.4) is 0 Å². The summed E-state index contributed by atoms with van der Waals surface area (Å²) in [5.41, 5.74) is 1.73. The lowest BCUT2D eigenvalue weighted by Gasteiger charge is -2.05. The molecule has 6 nitrogen and oxygen atoms in total. The number of aromatic nitrogens is 3. The third-order valence-electron chi connectivity index (χ3n) is 3.74. The lowest BCUT2D eigenvalue weighted by Crippen LogP contribution is -2.29. The van der Waals surface area contributed by atoms with E-state index in [4.69, 9.17) is 4.74 Å². The quantitative estimate of drug-likeness (QED) is 0.305. The lowest BCUT2D eigenvalue weighted by molar-refractivity contribution is -0.619. The van der Waals surface area contributed by atoms with Crippen LogP contribution in [-0.2, 0) is 6.54 Å². The summed E-state index contributed by atoms with van der Waals surface area (Å²) in [7, 11) is 1.53. The molecule has 0 unspecified atom stereocenters. The molecular weight excluding hydrogens is 326 g/mol. The maximum atomic E-state index is 12.8. The molecule has 0 fully saturated rings. The van der Waals surface area contributed by atoms with Gasteiger partial charge in [0.25, 0.3) is 5.88 Å². The summed E-state index contributed by atoms with van der Waals surface area (Å²) in [5.74, 6) is -0.222. The van der Waals surface area contributed by atoms with E-state index in [2.05, 4.69) is 4.98 Å². The Balaban J connectivity index is 2.32. The fourth-order valence-corrected chi connectivity index (χ4v) is 3.22. The van der Waals surface area contributed by atoms with E-state index in [9.17, 15) is 9.90 Å². The zero-order chi connectivity index (χ0) is 17.3. The van der Waals surface area contributed by atoms with Gasteiger partial charge in [-0.15, -0.1) is 0 Å². The smallest absolute Gasteiger partial charge is 0.306 e. The fourth-order valence-electron chi connectivity index (χ4n) is 2.68. The summed E-state index contributed by atoms with van der Waals surface area (Å²) < 4.78 is 8.43. The number of imidazole rings is 1. The maximum absolute atomic E-state index is 12.8. The van der Waals surface area contributed by atoms with Gasteiger partial charge in [-0.1, -0.05) is 47.1 Å². The molecule has 0 N–H and O–H groups in total. The van der Waals surface area contributed by atoms with Crippen molar-refractivity contribution in [2.24, 2.45) is 0 Å². The summed E-state index contributed by atoms with van der Waals surface area (Å²) >= 11 is 1.33. The Morgan fingerprint density at radius 3 is 2.67 bits per heavy atom. The highest BCUT2D eigenvalue weighted by atomic mass is 32.2.